The molecular weight excluding hydrogens is 427 g/mol. The molecule has 3 heterocycles. The summed E-state index contributed by atoms with van der Waals surface area (Å²) < 4.78 is 0. The first-order valence-electron chi connectivity index (χ1n) is 9.57. The van der Waals surface area contributed by atoms with Crippen LogP contribution in [0.15, 0.2) is 41.8 Å². The van der Waals surface area contributed by atoms with E-state index in [0.29, 0.717) is 5.92 Å². The molecule has 2 saturated heterocycles. The molecule has 1 aromatic carbocycles. The lowest BCUT2D eigenvalue weighted by Crippen LogP contribution is -2.42. The minimum atomic E-state index is 0. The van der Waals surface area contributed by atoms with Crippen LogP contribution in [0.3, 0.4) is 0 Å². The van der Waals surface area contributed by atoms with Crippen LogP contribution in [0.2, 0.25) is 0 Å². The number of nitrogens with zero attached hydrogens (tertiary/aromatic N) is 2. The van der Waals surface area contributed by atoms with Gasteiger partial charge in [-0.25, -0.2) is 0 Å². The van der Waals surface area contributed by atoms with Gasteiger partial charge in [0.15, 0.2) is 0 Å². The van der Waals surface area contributed by atoms with E-state index in [0.717, 1.165) is 50.5 Å². The van der Waals surface area contributed by atoms with Crippen molar-refractivity contribution in [2.75, 3.05) is 52.1 Å². The van der Waals surface area contributed by atoms with Crippen molar-refractivity contribution in [3.05, 3.63) is 52.2 Å². The molecule has 2 aromatic rings. The summed E-state index contributed by atoms with van der Waals surface area (Å²) in [5, 5.41) is 9.05. The minimum absolute atomic E-state index is 0. The van der Waals surface area contributed by atoms with Gasteiger partial charge in [0.2, 0.25) is 0 Å². The number of halogens is 2. The number of nitrogens with one attached hydrogen (secondary N) is 2. The lowest BCUT2D eigenvalue weighted by atomic mass is 9.80. The summed E-state index contributed by atoms with van der Waals surface area (Å²) in [4.78, 5) is 18.8. The number of rotatable bonds is 6. The summed E-state index contributed by atoms with van der Waals surface area (Å²) in [5.41, 5.74) is 1.96. The highest BCUT2D eigenvalue weighted by Gasteiger charge is 2.50. The molecule has 2 aliphatic heterocycles. The van der Waals surface area contributed by atoms with Gasteiger partial charge in [-0.15, -0.1) is 36.2 Å². The molecule has 160 valence electrons. The Morgan fingerprint density at radius 3 is 2.86 bits per heavy atom. The first-order valence-corrected chi connectivity index (χ1v) is 10.4. The zero-order valence-corrected chi connectivity index (χ0v) is 19.3. The van der Waals surface area contributed by atoms with Gasteiger partial charge in [-0.2, -0.15) is 0 Å². The van der Waals surface area contributed by atoms with Gasteiger partial charge in [0, 0.05) is 60.8 Å². The topological polar surface area (TPSA) is 47.6 Å². The van der Waals surface area contributed by atoms with E-state index in [4.69, 9.17) is 0 Å². The molecule has 0 saturated carbocycles. The standard InChI is InChI=1S/C21H28N4OS.2ClH/c1-24(2)14-21-13-22-10-17(21)12-25(15-21)20(26)16-5-3-6-18(9-16)23-11-19-7-4-8-27-19;;/h3-9,17,22-23H,10-15H2,1-2H3;2*1H. The van der Waals surface area contributed by atoms with Gasteiger partial charge < -0.3 is 20.4 Å². The van der Waals surface area contributed by atoms with Gasteiger partial charge in [-0.05, 0) is 49.7 Å². The van der Waals surface area contributed by atoms with Crippen LogP contribution in [0.25, 0.3) is 0 Å². The van der Waals surface area contributed by atoms with E-state index in [1.165, 1.54) is 4.88 Å². The smallest absolute Gasteiger partial charge is 0.253 e. The van der Waals surface area contributed by atoms with E-state index in [1.807, 2.05) is 24.3 Å². The van der Waals surface area contributed by atoms with E-state index in [-0.39, 0.29) is 36.1 Å². The Labute approximate surface area is 189 Å². The highest BCUT2D eigenvalue weighted by Crippen LogP contribution is 2.40. The van der Waals surface area contributed by atoms with Crippen molar-refractivity contribution in [2.24, 2.45) is 11.3 Å². The second-order valence-electron chi connectivity index (χ2n) is 8.13. The normalized spacial score (nSPS) is 22.7. The molecular formula is C21H30Cl2N4OS. The van der Waals surface area contributed by atoms with Crippen LogP contribution < -0.4 is 10.6 Å². The van der Waals surface area contributed by atoms with Gasteiger partial charge in [-0.1, -0.05) is 12.1 Å². The fourth-order valence-corrected chi connectivity index (χ4v) is 5.22. The Morgan fingerprint density at radius 2 is 2.14 bits per heavy atom. The number of carbonyl (C=O) groups excluding carboxylic acids is 1. The molecule has 2 aliphatic rings. The van der Waals surface area contributed by atoms with Crippen molar-refractivity contribution in [1.29, 1.82) is 0 Å². The number of benzene rings is 1. The van der Waals surface area contributed by atoms with Crippen LogP contribution in [0.4, 0.5) is 5.69 Å². The predicted molar refractivity (Wildman–Crippen MR) is 126 cm³/mol. The summed E-state index contributed by atoms with van der Waals surface area (Å²) in [6, 6.07) is 12.1. The number of thiophene rings is 1. The van der Waals surface area contributed by atoms with Gasteiger partial charge in [0.05, 0.1) is 0 Å². The molecule has 5 nitrogen and oxygen atoms in total. The van der Waals surface area contributed by atoms with Crippen molar-refractivity contribution in [3.63, 3.8) is 0 Å². The number of amides is 1. The molecule has 0 bridgehead atoms. The van der Waals surface area contributed by atoms with Crippen LogP contribution in [0.5, 0.6) is 0 Å². The summed E-state index contributed by atoms with van der Waals surface area (Å²) in [6.07, 6.45) is 0. The Balaban J connectivity index is 0.00000150. The minimum Gasteiger partial charge on any atom is -0.380 e. The molecule has 8 heteroatoms. The first-order chi connectivity index (χ1) is 13.1. The van der Waals surface area contributed by atoms with Crippen LogP contribution in [0.1, 0.15) is 15.2 Å². The number of fused-ring (bicyclic) bond motifs is 1. The average molecular weight is 457 g/mol. The Hall–Kier alpha value is -1.31. The number of hydrogen-bond acceptors (Lipinski definition) is 5. The van der Waals surface area contributed by atoms with Crippen molar-refractivity contribution < 1.29 is 4.79 Å². The zero-order valence-electron chi connectivity index (χ0n) is 16.9. The summed E-state index contributed by atoms with van der Waals surface area (Å²) in [5.74, 6) is 0.700. The number of carbonyl (C=O) groups is 1. The average Bonchev–Trinajstić information content (AvgIpc) is 3.34. The van der Waals surface area contributed by atoms with Crippen molar-refractivity contribution in [3.8, 4) is 0 Å². The summed E-state index contributed by atoms with van der Waals surface area (Å²) >= 11 is 1.74. The quantitative estimate of drug-likeness (QED) is 0.698. The van der Waals surface area contributed by atoms with E-state index in [9.17, 15) is 4.79 Å². The monoisotopic (exact) mass is 456 g/mol. The van der Waals surface area contributed by atoms with Crippen molar-refractivity contribution in [1.82, 2.24) is 15.1 Å². The fourth-order valence-electron chi connectivity index (χ4n) is 4.58. The van der Waals surface area contributed by atoms with Crippen LogP contribution >= 0.6 is 36.2 Å². The van der Waals surface area contributed by atoms with Gasteiger partial charge in [0.1, 0.15) is 0 Å². The molecule has 0 radical (unpaired) electrons. The molecule has 2 atom stereocenters. The lowest BCUT2D eigenvalue weighted by molar-refractivity contribution is 0.0764. The SMILES string of the molecule is CN(C)CC12CNCC1CN(C(=O)c1cccc(NCc3cccs3)c1)C2.Cl.Cl. The van der Waals surface area contributed by atoms with E-state index >= 15 is 0 Å². The van der Waals surface area contributed by atoms with Crippen LogP contribution in [-0.4, -0.2) is 62.5 Å². The molecule has 0 aliphatic carbocycles. The third-order valence-corrected chi connectivity index (χ3v) is 6.63. The Bertz CT molecular complexity index is 802. The molecule has 2 unspecified atom stereocenters. The highest BCUT2D eigenvalue weighted by atomic mass is 35.5. The number of likely N-dealkylation sites (tertiary alicyclic amines) is 1. The zero-order chi connectivity index (χ0) is 18.9. The maximum absolute atomic E-state index is 13.2. The Morgan fingerprint density at radius 1 is 1.31 bits per heavy atom. The van der Waals surface area contributed by atoms with Crippen molar-refractivity contribution in [2.45, 2.75) is 6.54 Å². The second kappa shape index (κ2) is 10.1. The second-order valence-corrected chi connectivity index (χ2v) is 9.16. The van der Waals surface area contributed by atoms with Gasteiger partial charge in [0.25, 0.3) is 5.91 Å². The van der Waals surface area contributed by atoms with Crippen LogP contribution in [0, 0.1) is 11.3 Å². The number of anilines is 1. The largest absolute Gasteiger partial charge is 0.380 e. The van der Waals surface area contributed by atoms with Gasteiger partial charge >= 0.3 is 0 Å². The van der Waals surface area contributed by atoms with Gasteiger partial charge in [-0.3, -0.25) is 4.79 Å². The fraction of sp³-hybridized carbons (Fsp3) is 0.476. The van der Waals surface area contributed by atoms with E-state index < -0.39 is 0 Å². The molecule has 29 heavy (non-hydrogen) atoms. The molecule has 2 N–H and O–H groups in total. The maximum Gasteiger partial charge on any atom is 0.253 e. The molecule has 1 amide bonds. The third kappa shape index (κ3) is 5.25. The predicted octanol–water partition coefficient (Wildman–Crippen LogP) is 3.43. The Kier molecular flexibility index (Phi) is 8.37. The highest BCUT2D eigenvalue weighted by molar-refractivity contribution is 7.09. The lowest BCUT2D eigenvalue weighted by Gasteiger charge is -2.31. The summed E-state index contributed by atoms with van der Waals surface area (Å²) in [7, 11) is 4.24. The van der Waals surface area contributed by atoms with Crippen LogP contribution in [-0.2, 0) is 6.54 Å². The maximum atomic E-state index is 13.2. The van der Waals surface area contributed by atoms with E-state index in [1.54, 1.807) is 11.3 Å². The summed E-state index contributed by atoms with van der Waals surface area (Å²) in [6.45, 7) is 5.53. The molecule has 4 rings (SSSR count). The first kappa shape index (κ1) is 24.0. The third-order valence-electron chi connectivity index (χ3n) is 5.76. The number of hydrogen-bond donors (Lipinski definition) is 2. The molecule has 0 spiro atoms. The van der Waals surface area contributed by atoms with E-state index in [2.05, 4.69) is 52.0 Å². The molecule has 2 fully saturated rings. The molecule has 1 aromatic heterocycles. The van der Waals surface area contributed by atoms with Crippen molar-refractivity contribution >= 4 is 47.7 Å².